The zero-order valence-electron chi connectivity index (χ0n) is 22.0. The molecule has 0 saturated carbocycles. The Labute approximate surface area is 225 Å². The van der Waals surface area contributed by atoms with Crippen molar-refractivity contribution < 1.29 is 27.4 Å². The molecule has 206 valence electrons. The van der Waals surface area contributed by atoms with Gasteiger partial charge in [0.15, 0.2) is 5.78 Å². The molecule has 0 bridgehead atoms. The van der Waals surface area contributed by atoms with E-state index in [2.05, 4.69) is 38.7 Å². The number of likely N-dealkylation sites (N-methyl/N-ethyl adjacent to an activating group) is 1. The summed E-state index contributed by atoms with van der Waals surface area (Å²) in [7, 11) is 3.59. The van der Waals surface area contributed by atoms with E-state index in [0.29, 0.717) is 29.6 Å². The van der Waals surface area contributed by atoms with Crippen LogP contribution >= 0.6 is 0 Å². The van der Waals surface area contributed by atoms with Crippen LogP contribution in [-0.2, 0) is 12.6 Å². The maximum absolute atomic E-state index is 13.8. The molecular weight excluding hydrogens is 511 g/mol. The van der Waals surface area contributed by atoms with Gasteiger partial charge in [-0.15, -0.1) is 6.58 Å². The van der Waals surface area contributed by atoms with Gasteiger partial charge in [0.25, 0.3) is 0 Å². The van der Waals surface area contributed by atoms with Gasteiger partial charge in [-0.2, -0.15) is 18.2 Å². The van der Waals surface area contributed by atoms with Crippen molar-refractivity contribution in [3.05, 3.63) is 71.9 Å². The van der Waals surface area contributed by atoms with Gasteiger partial charge in [-0.3, -0.25) is 4.79 Å². The number of anilines is 3. The van der Waals surface area contributed by atoms with Crippen molar-refractivity contribution in [3.63, 3.8) is 0 Å². The molecule has 39 heavy (non-hydrogen) atoms. The first-order valence-electron chi connectivity index (χ1n) is 12.3. The molecule has 1 aromatic heterocycles. The standard InChI is InChI=1S/C28H30F3N5O3/c1-5-7-19-8-6-9-23(25(19)18(2)37)39-26-21(28(29,30)31)17-32-27(34-26)33-22-11-10-20(16-24(22)38-4)36-14-12-35(3)13-15-36/h5-6,8-11,16-17H,1,7,12-15H2,2-4H3,(H,32,33,34). The Hall–Kier alpha value is -4.12. The lowest BCUT2D eigenvalue weighted by Gasteiger charge is -2.34. The van der Waals surface area contributed by atoms with Crippen molar-refractivity contribution in [2.45, 2.75) is 19.5 Å². The number of benzene rings is 2. The number of piperazine rings is 1. The molecule has 1 aliphatic rings. The van der Waals surface area contributed by atoms with Crippen molar-refractivity contribution in [1.82, 2.24) is 14.9 Å². The highest BCUT2D eigenvalue weighted by molar-refractivity contribution is 5.98. The molecule has 1 saturated heterocycles. The van der Waals surface area contributed by atoms with E-state index in [1.165, 1.54) is 20.1 Å². The number of nitrogens with zero attached hydrogens (tertiary/aromatic N) is 4. The molecule has 11 heteroatoms. The molecule has 1 aliphatic heterocycles. The first-order chi connectivity index (χ1) is 18.6. The maximum atomic E-state index is 13.8. The van der Waals surface area contributed by atoms with Crippen molar-refractivity contribution in [2.75, 3.05) is 50.6 Å². The molecule has 2 heterocycles. The van der Waals surface area contributed by atoms with E-state index in [1.807, 2.05) is 12.1 Å². The van der Waals surface area contributed by atoms with Crippen LogP contribution in [0.4, 0.5) is 30.5 Å². The Balaban J connectivity index is 1.67. The van der Waals surface area contributed by atoms with Crippen LogP contribution in [0, 0.1) is 0 Å². The summed E-state index contributed by atoms with van der Waals surface area (Å²) in [5, 5.41) is 2.93. The van der Waals surface area contributed by atoms with Crippen molar-refractivity contribution >= 4 is 23.1 Å². The van der Waals surface area contributed by atoms with Crippen LogP contribution in [0.5, 0.6) is 17.4 Å². The van der Waals surface area contributed by atoms with Crippen LogP contribution in [0.2, 0.25) is 0 Å². The quantitative estimate of drug-likeness (QED) is 0.272. The third-order valence-corrected chi connectivity index (χ3v) is 6.39. The first-order valence-corrected chi connectivity index (χ1v) is 12.3. The van der Waals surface area contributed by atoms with E-state index in [-0.39, 0.29) is 23.0 Å². The second-order valence-corrected chi connectivity index (χ2v) is 9.15. The lowest BCUT2D eigenvalue weighted by atomic mass is 10.0. The second-order valence-electron chi connectivity index (χ2n) is 9.15. The van der Waals surface area contributed by atoms with Crippen LogP contribution in [0.3, 0.4) is 0 Å². The summed E-state index contributed by atoms with van der Waals surface area (Å²) in [6.45, 7) is 8.60. The number of alkyl halides is 3. The van der Waals surface area contributed by atoms with Gasteiger partial charge in [-0.05, 0) is 44.2 Å². The van der Waals surface area contributed by atoms with E-state index in [4.69, 9.17) is 9.47 Å². The third-order valence-electron chi connectivity index (χ3n) is 6.39. The summed E-state index contributed by atoms with van der Waals surface area (Å²) in [6, 6.07) is 10.3. The number of methoxy groups -OCH3 is 1. The monoisotopic (exact) mass is 541 g/mol. The van der Waals surface area contributed by atoms with Gasteiger partial charge in [0.05, 0.1) is 18.4 Å². The van der Waals surface area contributed by atoms with Crippen molar-refractivity contribution in [3.8, 4) is 17.4 Å². The minimum absolute atomic E-state index is 0.0360. The molecular formula is C28H30F3N5O3. The minimum atomic E-state index is -4.79. The number of carbonyl (C=O) groups excluding carboxylic acids is 1. The molecule has 3 aromatic rings. The topological polar surface area (TPSA) is 79.8 Å². The van der Waals surface area contributed by atoms with E-state index < -0.39 is 17.6 Å². The number of nitrogens with one attached hydrogen (secondary N) is 1. The number of ketones is 1. The molecule has 0 aliphatic carbocycles. The summed E-state index contributed by atoms with van der Waals surface area (Å²) >= 11 is 0. The molecule has 0 unspecified atom stereocenters. The van der Waals surface area contributed by atoms with Crippen LogP contribution in [-0.4, -0.2) is 61.0 Å². The number of rotatable bonds is 9. The Morgan fingerprint density at radius 3 is 2.54 bits per heavy atom. The maximum Gasteiger partial charge on any atom is 0.423 e. The molecule has 1 fully saturated rings. The van der Waals surface area contributed by atoms with Gasteiger partial charge in [0.2, 0.25) is 11.8 Å². The van der Waals surface area contributed by atoms with Crippen molar-refractivity contribution in [2.24, 2.45) is 0 Å². The molecule has 0 atom stereocenters. The van der Waals surface area contributed by atoms with E-state index in [0.717, 1.165) is 31.9 Å². The number of carbonyl (C=O) groups is 1. The highest BCUT2D eigenvalue weighted by atomic mass is 19.4. The van der Waals surface area contributed by atoms with E-state index in [9.17, 15) is 18.0 Å². The predicted octanol–water partition coefficient (Wildman–Crippen LogP) is 5.72. The largest absolute Gasteiger partial charge is 0.494 e. The zero-order chi connectivity index (χ0) is 28.2. The van der Waals surface area contributed by atoms with Crippen LogP contribution in [0.25, 0.3) is 0 Å². The smallest absolute Gasteiger partial charge is 0.423 e. The Kier molecular flexibility index (Phi) is 8.39. The van der Waals surface area contributed by atoms with Gasteiger partial charge in [-0.25, -0.2) is 4.98 Å². The number of allylic oxidation sites excluding steroid dienone is 1. The molecule has 1 N–H and O–H groups in total. The van der Waals surface area contributed by atoms with Gasteiger partial charge in [0, 0.05) is 44.1 Å². The highest BCUT2D eigenvalue weighted by Gasteiger charge is 2.37. The van der Waals surface area contributed by atoms with Gasteiger partial charge >= 0.3 is 6.18 Å². The predicted molar refractivity (Wildman–Crippen MR) is 143 cm³/mol. The normalized spacial score (nSPS) is 14.2. The second kappa shape index (κ2) is 11.7. The SMILES string of the molecule is C=CCc1cccc(Oc2nc(Nc3ccc(N4CCN(C)CC4)cc3OC)ncc2C(F)(F)F)c1C(C)=O. The van der Waals surface area contributed by atoms with E-state index in [1.54, 1.807) is 24.3 Å². The Morgan fingerprint density at radius 2 is 1.90 bits per heavy atom. The lowest BCUT2D eigenvalue weighted by Crippen LogP contribution is -2.44. The zero-order valence-corrected chi connectivity index (χ0v) is 22.0. The van der Waals surface area contributed by atoms with Gasteiger partial charge in [-0.1, -0.05) is 18.2 Å². The number of Topliss-reactive ketones (excluding diaryl/α,β-unsaturated/α-hetero) is 1. The molecule has 2 aromatic carbocycles. The van der Waals surface area contributed by atoms with Crippen molar-refractivity contribution in [1.29, 1.82) is 0 Å². The molecule has 0 radical (unpaired) electrons. The van der Waals surface area contributed by atoms with Gasteiger partial charge in [0.1, 0.15) is 17.1 Å². The van der Waals surface area contributed by atoms with Crippen LogP contribution in [0.1, 0.15) is 28.4 Å². The number of halogens is 3. The fourth-order valence-corrected chi connectivity index (χ4v) is 4.35. The molecule has 8 nitrogen and oxygen atoms in total. The molecule has 0 amide bonds. The summed E-state index contributed by atoms with van der Waals surface area (Å²) in [5.41, 5.74) is 1.02. The van der Waals surface area contributed by atoms with Crippen LogP contribution < -0.4 is 19.7 Å². The molecule has 4 rings (SSSR count). The summed E-state index contributed by atoms with van der Waals surface area (Å²) < 4.78 is 52.7. The number of hydrogen-bond donors (Lipinski definition) is 1. The number of ether oxygens (including phenoxy) is 2. The average molecular weight is 542 g/mol. The minimum Gasteiger partial charge on any atom is -0.494 e. The number of aromatic nitrogens is 2. The Bertz CT molecular complexity index is 1350. The number of hydrogen-bond acceptors (Lipinski definition) is 8. The summed E-state index contributed by atoms with van der Waals surface area (Å²) in [4.78, 5) is 24.8. The first kappa shape index (κ1) is 27.9. The van der Waals surface area contributed by atoms with Gasteiger partial charge < -0.3 is 24.6 Å². The fourth-order valence-electron chi connectivity index (χ4n) is 4.35. The summed E-state index contributed by atoms with van der Waals surface area (Å²) in [5.74, 6) is -0.769. The van der Waals surface area contributed by atoms with E-state index >= 15 is 0 Å². The fraction of sp³-hybridized carbons (Fsp3) is 0.321. The average Bonchev–Trinajstić information content (AvgIpc) is 2.89. The lowest BCUT2D eigenvalue weighted by molar-refractivity contribution is -0.139. The third kappa shape index (κ3) is 6.48. The highest BCUT2D eigenvalue weighted by Crippen LogP contribution is 2.39. The Morgan fingerprint density at radius 1 is 1.15 bits per heavy atom. The molecule has 0 spiro atoms. The summed E-state index contributed by atoms with van der Waals surface area (Å²) in [6.07, 6.45) is -2.19. The van der Waals surface area contributed by atoms with Crippen LogP contribution in [0.15, 0.2) is 55.3 Å².